The molecule has 0 saturated heterocycles. The van der Waals surface area contributed by atoms with Crippen molar-refractivity contribution in [3.63, 3.8) is 0 Å². The maximum Gasteiger partial charge on any atom is 0.165 e. The highest BCUT2D eigenvalue weighted by Crippen LogP contribution is 2.35. The number of halogens is 2. The summed E-state index contributed by atoms with van der Waals surface area (Å²) in [6, 6.07) is 8.14. The van der Waals surface area contributed by atoms with Crippen LogP contribution in [0.2, 0.25) is 0 Å². The fraction of sp³-hybridized carbons (Fsp3) is 0.308. The molecule has 2 aromatic rings. The summed E-state index contributed by atoms with van der Waals surface area (Å²) < 4.78 is 34.0. The van der Waals surface area contributed by atoms with E-state index in [-0.39, 0.29) is 11.6 Å². The van der Waals surface area contributed by atoms with Crippen LogP contribution in [0, 0.1) is 25.5 Å². The fourth-order valence-electron chi connectivity index (χ4n) is 3.88. The molecule has 2 aromatic carbocycles. The standard InChI is InChI=1S/C26H28F2O/c1-5-17(2)9-10-21-15-25(28)26(19(4)18(21)3)29-16-22-7-6-8-24(22)20-11-13-23(27)14-12-20/h5,11-15H,1-2,6-10,16H2,3-4H3. The van der Waals surface area contributed by atoms with Crippen LogP contribution in [0.25, 0.3) is 5.57 Å². The predicted octanol–water partition coefficient (Wildman–Crippen LogP) is 7.27. The van der Waals surface area contributed by atoms with Gasteiger partial charge in [-0.1, -0.05) is 36.9 Å². The Bertz CT molecular complexity index is 952. The minimum Gasteiger partial charge on any atom is -0.486 e. The number of benzene rings is 2. The molecule has 0 N–H and O–H groups in total. The van der Waals surface area contributed by atoms with Gasteiger partial charge >= 0.3 is 0 Å². The van der Waals surface area contributed by atoms with Gasteiger partial charge in [0.2, 0.25) is 0 Å². The van der Waals surface area contributed by atoms with E-state index in [4.69, 9.17) is 4.74 Å². The van der Waals surface area contributed by atoms with Crippen LogP contribution < -0.4 is 4.74 Å². The summed E-state index contributed by atoms with van der Waals surface area (Å²) in [4.78, 5) is 0. The summed E-state index contributed by atoms with van der Waals surface area (Å²) in [7, 11) is 0. The van der Waals surface area contributed by atoms with Crippen molar-refractivity contribution in [3.8, 4) is 5.75 Å². The Morgan fingerprint density at radius 3 is 2.52 bits per heavy atom. The van der Waals surface area contributed by atoms with Crippen LogP contribution in [0.1, 0.15) is 47.9 Å². The number of hydrogen-bond acceptors (Lipinski definition) is 1. The fourth-order valence-corrected chi connectivity index (χ4v) is 3.88. The molecule has 0 radical (unpaired) electrons. The van der Waals surface area contributed by atoms with E-state index in [0.717, 1.165) is 59.9 Å². The molecule has 1 aliphatic carbocycles. The van der Waals surface area contributed by atoms with Gasteiger partial charge < -0.3 is 4.74 Å². The maximum absolute atomic E-state index is 14.8. The molecule has 0 unspecified atom stereocenters. The van der Waals surface area contributed by atoms with Crippen molar-refractivity contribution in [1.82, 2.24) is 0 Å². The largest absolute Gasteiger partial charge is 0.486 e. The highest BCUT2D eigenvalue weighted by atomic mass is 19.1. The van der Waals surface area contributed by atoms with E-state index in [9.17, 15) is 8.78 Å². The van der Waals surface area contributed by atoms with Gasteiger partial charge in [0.05, 0.1) is 0 Å². The summed E-state index contributed by atoms with van der Waals surface area (Å²) in [6.07, 6.45) is 6.14. The van der Waals surface area contributed by atoms with Gasteiger partial charge in [-0.2, -0.15) is 0 Å². The number of rotatable bonds is 8. The van der Waals surface area contributed by atoms with Crippen LogP contribution in [0.5, 0.6) is 5.75 Å². The first-order valence-corrected chi connectivity index (χ1v) is 10.1. The average Bonchev–Trinajstić information content (AvgIpc) is 3.18. The topological polar surface area (TPSA) is 9.23 Å². The molecule has 0 spiro atoms. The third-order valence-electron chi connectivity index (χ3n) is 5.82. The molecule has 1 aliphatic rings. The number of ether oxygens (including phenoxy) is 1. The SMILES string of the molecule is C=CC(=C)CCc1cc(F)c(OCC2=C(c3ccc(F)cc3)CCC2)c(C)c1C. The van der Waals surface area contributed by atoms with Gasteiger partial charge in [0.15, 0.2) is 11.6 Å². The summed E-state index contributed by atoms with van der Waals surface area (Å²) >= 11 is 0. The van der Waals surface area contributed by atoms with Crippen molar-refractivity contribution in [2.45, 2.75) is 46.0 Å². The zero-order valence-electron chi connectivity index (χ0n) is 17.3. The van der Waals surface area contributed by atoms with Gasteiger partial charge in [-0.25, -0.2) is 8.78 Å². The maximum atomic E-state index is 14.8. The lowest BCUT2D eigenvalue weighted by molar-refractivity contribution is 0.327. The van der Waals surface area contributed by atoms with E-state index in [1.165, 1.54) is 23.3 Å². The number of aryl methyl sites for hydroxylation is 1. The van der Waals surface area contributed by atoms with E-state index >= 15 is 0 Å². The van der Waals surface area contributed by atoms with Crippen molar-refractivity contribution in [2.24, 2.45) is 0 Å². The molecule has 0 bridgehead atoms. The molecule has 152 valence electrons. The first kappa shape index (κ1) is 21.0. The van der Waals surface area contributed by atoms with E-state index < -0.39 is 0 Å². The predicted molar refractivity (Wildman–Crippen MR) is 116 cm³/mol. The van der Waals surface area contributed by atoms with Gasteiger partial charge in [-0.15, -0.1) is 0 Å². The summed E-state index contributed by atoms with van der Waals surface area (Å²) in [6.45, 7) is 11.9. The second kappa shape index (κ2) is 9.21. The molecule has 0 amide bonds. The Morgan fingerprint density at radius 2 is 1.83 bits per heavy atom. The smallest absolute Gasteiger partial charge is 0.165 e. The minimum atomic E-state index is -0.325. The molecule has 0 fully saturated rings. The lowest BCUT2D eigenvalue weighted by Gasteiger charge is -2.17. The van der Waals surface area contributed by atoms with Crippen LogP contribution >= 0.6 is 0 Å². The molecule has 0 aliphatic heterocycles. The van der Waals surface area contributed by atoms with Gasteiger partial charge in [0, 0.05) is 0 Å². The molecular weight excluding hydrogens is 366 g/mol. The highest BCUT2D eigenvalue weighted by molar-refractivity contribution is 5.70. The van der Waals surface area contributed by atoms with E-state index in [0.29, 0.717) is 12.4 Å². The molecule has 1 nitrogen and oxygen atoms in total. The van der Waals surface area contributed by atoms with Crippen LogP contribution in [-0.4, -0.2) is 6.61 Å². The van der Waals surface area contributed by atoms with Crippen molar-refractivity contribution >= 4 is 5.57 Å². The second-order valence-electron chi connectivity index (χ2n) is 7.69. The number of hydrogen-bond donors (Lipinski definition) is 0. The van der Waals surface area contributed by atoms with Crippen molar-refractivity contribution in [1.29, 1.82) is 0 Å². The normalized spacial score (nSPS) is 13.7. The van der Waals surface area contributed by atoms with E-state index in [1.54, 1.807) is 24.3 Å². The Morgan fingerprint density at radius 1 is 1.10 bits per heavy atom. The highest BCUT2D eigenvalue weighted by Gasteiger charge is 2.19. The molecule has 0 aromatic heterocycles. The Hall–Kier alpha value is -2.68. The second-order valence-corrected chi connectivity index (χ2v) is 7.69. The molecule has 3 heteroatoms. The lowest BCUT2D eigenvalue weighted by Crippen LogP contribution is -2.06. The Balaban J connectivity index is 1.78. The third kappa shape index (κ3) is 4.84. The molecule has 29 heavy (non-hydrogen) atoms. The molecule has 3 rings (SSSR count). The quantitative estimate of drug-likeness (QED) is 0.428. The van der Waals surface area contributed by atoms with Crippen molar-refractivity contribution < 1.29 is 13.5 Å². The van der Waals surface area contributed by atoms with Gasteiger partial charge in [0.25, 0.3) is 0 Å². The van der Waals surface area contributed by atoms with Crippen molar-refractivity contribution in [2.75, 3.05) is 6.61 Å². The number of allylic oxidation sites excluding steroid dienone is 3. The van der Waals surface area contributed by atoms with Crippen LogP contribution in [-0.2, 0) is 6.42 Å². The van der Waals surface area contributed by atoms with Crippen LogP contribution in [0.3, 0.4) is 0 Å². The monoisotopic (exact) mass is 394 g/mol. The summed E-state index contributed by atoms with van der Waals surface area (Å²) in [5, 5.41) is 0. The third-order valence-corrected chi connectivity index (χ3v) is 5.82. The Labute approximate surface area is 172 Å². The van der Waals surface area contributed by atoms with Gasteiger partial charge in [0.1, 0.15) is 12.4 Å². The average molecular weight is 395 g/mol. The van der Waals surface area contributed by atoms with Gasteiger partial charge in [-0.3, -0.25) is 0 Å². The molecule has 0 atom stereocenters. The van der Waals surface area contributed by atoms with Crippen LogP contribution in [0.4, 0.5) is 8.78 Å². The molecular formula is C26H28F2O. The lowest BCUT2D eigenvalue weighted by atomic mass is 9.96. The first-order chi connectivity index (χ1) is 13.9. The van der Waals surface area contributed by atoms with Crippen LogP contribution in [0.15, 0.2) is 60.7 Å². The molecule has 0 saturated carbocycles. The first-order valence-electron chi connectivity index (χ1n) is 10.1. The minimum absolute atomic E-state index is 0.241. The van der Waals surface area contributed by atoms with E-state index in [2.05, 4.69) is 13.2 Å². The van der Waals surface area contributed by atoms with Crippen molar-refractivity contribution in [3.05, 3.63) is 94.6 Å². The summed E-state index contributed by atoms with van der Waals surface area (Å²) in [5.74, 6) is -0.240. The summed E-state index contributed by atoms with van der Waals surface area (Å²) in [5.41, 5.74) is 7.20. The van der Waals surface area contributed by atoms with Gasteiger partial charge in [-0.05, 0) is 97.6 Å². The zero-order valence-corrected chi connectivity index (χ0v) is 17.3. The Kier molecular flexibility index (Phi) is 6.68. The molecule has 0 heterocycles. The zero-order chi connectivity index (χ0) is 21.0. The van der Waals surface area contributed by atoms with E-state index in [1.807, 2.05) is 13.8 Å².